The van der Waals surface area contributed by atoms with Crippen LogP contribution in [0.2, 0.25) is 0 Å². The van der Waals surface area contributed by atoms with Gasteiger partial charge in [0.15, 0.2) is 0 Å². The maximum Gasteiger partial charge on any atom is 0.331 e. The number of esters is 1. The number of ether oxygens (including phenoxy) is 1. The maximum atomic E-state index is 11.6. The van der Waals surface area contributed by atoms with Crippen LogP contribution in [-0.4, -0.2) is 23.1 Å². The van der Waals surface area contributed by atoms with Gasteiger partial charge in [-0.05, 0) is 65.4 Å². The monoisotopic (exact) mass is 360 g/mol. The number of hydrogen-bond acceptors (Lipinski definition) is 3. The van der Waals surface area contributed by atoms with Crippen LogP contribution in [0.3, 0.4) is 0 Å². The van der Waals surface area contributed by atoms with Crippen LogP contribution in [0.1, 0.15) is 66.2 Å². The summed E-state index contributed by atoms with van der Waals surface area (Å²) in [4.78, 5) is 23.0. The molecule has 1 N–H and O–H groups in total. The summed E-state index contributed by atoms with van der Waals surface area (Å²) in [5.41, 5.74) is 3.79. The first-order valence-corrected chi connectivity index (χ1v) is 9.28. The minimum atomic E-state index is -0.843. The Morgan fingerprint density at radius 1 is 1.08 bits per heavy atom. The molecule has 0 fully saturated rings. The van der Waals surface area contributed by atoms with Crippen LogP contribution in [-0.2, 0) is 14.3 Å². The lowest BCUT2D eigenvalue weighted by Gasteiger charge is -2.26. The molecular weight excluding hydrogens is 328 g/mol. The molecule has 2 atom stereocenters. The first-order valence-electron chi connectivity index (χ1n) is 9.28. The summed E-state index contributed by atoms with van der Waals surface area (Å²) in [5.74, 6) is -1.07. The van der Waals surface area contributed by atoms with Crippen molar-refractivity contribution in [3.05, 3.63) is 47.1 Å². The molecule has 0 amide bonds. The second kappa shape index (κ2) is 10.8. The number of rotatable bonds is 3. The largest absolute Gasteiger partial charge is 0.478 e. The minimum absolute atomic E-state index is 0.0743. The number of allylic oxidation sites excluding steroid dienone is 4. The molecular formula is C22H32O4. The highest BCUT2D eigenvalue weighted by atomic mass is 16.5. The van der Waals surface area contributed by atoms with E-state index in [1.54, 1.807) is 0 Å². The predicted molar refractivity (Wildman–Crippen MR) is 105 cm³/mol. The molecule has 0 aromatic heterocycles. The normalized spacial score (nSPS) is 29.0. The Hall–Kier alpha value is -2.10. The van der Waals surface area contributed by atoms with Gasteiger partial charge in [-0.2, -0.15) is 0 Å². The maximum absolute atomic E-state index is 11.6. The van der Waals surface area contributed by atoms with Crippen LogP contribution in [0.15, 0.2) is 47.1 Å². The van der Waals surface area contributed by atoms with Crippen molar-refractivity contribution in [2.24, 2.45) is 5.92 Å². The fraction of sp³-hybridized carbons (Fsp3) is 0.545. The van der Waals surface area contributed by atoms with Crippen molar-refractivity contribution < 1.29 is 19.4 Å². The Labute approximate surface area is 157 Å². The van der Waals surface area contributed by atoms with Gasteiger partial charge < -0.3 is 9.84 Å². The van der Waals surface area contributed by atoms with Crippen molar-refractivity contribution in [2.45, 2.75) is 72.3 Å². The summed E-state index contributed by atoms with van der Waals surface area (Å²) in [6.07, 6.45) is 9.99. The molecule has 1 aliphatic carbocycles. The van der Waals surface area contributed by atoms with Gasteiger partial charge in [0.2, 0.25) is 0 Å². The van der Waals surface area contributed by atoms with E-state index in [9.17, 15) is 14.7 Å². The molecule has 0 aromatic rings. The molecule has 4 nitrogen and oxygen atoms in total. The summed E-state index contributed by atoms with van der Waals surface area (Å²) in [6.45, 7) is 11.6. The topological polar surface area (TPSA) is 63.6 Å². The van der Waals surface area contributed by atoms with Crippen LogP contribution in [0, 0.1) is 5.92 Å². The zero-order chi connectivity index (χ0) is 19.7. The van der Waals surface area contributed by atoms with Crippen LogP contribution < -0.4 is 0 Å². The van der Waals surface area contributed by atoms with E-state index in [0.717, 1.165) is 36.8 Å². The zero-order valence-electron chi connectivity index (χ0n) is 16.5. The molecule has 0 aliphatic heterocycles. The highest BCUT2D eigenvalue weighted by Crippen LogP contribution is 2.27. The van der Waals surface area contributed by atoms with E-state index in [-0.39, 0.29) is 18.0 Å². The molecule has 4 heteroatoms. The van der Waals surface area contributed by atoms with Crippen molar-refractivity contribution >= 4 is 11.9 Å². The van der Waals surface area contributed by atoms with Crippen LogP contribution in [0.25, 0.3) is 0 Å². The van der Waals surface area contributed by atoms with E-state index in [1.165, 1.54) is 12.5 Å². The van der Waals surface area contributed by atoms with Crippen molar-refractivity contribution in [2.75, 3.05) is 0 Å². The van der Waals surface area contributed by atoms with E-state index in [4.69, 9.17) is 4.74 Å². The summed E-state index contributed by atoms with van der Waals surface area (Å²) < 4.78 is 5.58. The molecule has 144 valence electrons. The molecule has 0 aromatic carbocycles. The highest BCUT2D eigenvalue weighted by Gasteiger charge is 2.23. The van der Waals surface area contributed by atoms with Crippen LogP contribution in [0.4, 0.5) is 0 Å². The third-order valence-corrected chi connectivity index (χ3v) is 4.74. The third-order valence-electron chi connectivity index (χ3n) is 4.74. The Kier molecular flexibility index (Phi) is 9.11. The number of carbonyl (C=O) groups is 2. The average molecular weight is 360 g/mol. The Morgan fingerprint density at radius 2 is 1.73 bits per heavy atom. The molecule has 1 rings (SSSR count). The van der Waals surface area contributed by atoms with Gasteiger partial charge in [-0.3, -0.25) is 4.79 Å². The Morgan fingerprint density at radius 3 is 2.31 bits per heavy atom. The molecule has 0 radical (unpaired) electrons. The van der Waals surface area contributed by atoms with Crippen molar-refractivity contribution in [3.63, 3.8) is 0 Å². The number of carboxylic acids is 1. The van der Waals surface area contributed by atoms with Crippen molar-refractivity contribution in [1.82, 2.24) is 0 Å². The number of hydrogen-bond donors (Lipinski definition) is 1. The number of carbonyl (C=O) groups excluding carboxylic acids is 1. The van der Waals surface area contributed by atoms with Gasteiger partial charge >= 0.3 is 11.9 Å². The zero-order valence-corrected chi connectivity index (χ0v) is 16.5. The van der Waals surface area contributed by atoms with E-state index >= 15 is 0 Å². The van der Waals surface area contributed by atoms with Crippen molar-refractivity contribution in [1.29, 1.82) is 0 Å². The van der Waals surface area contributed by atoms with E-state index < -0.39 is 5.97 Å². The van der Waals surface area contributed by atoms with Gasteiger partial charge in [-0.25, -0.2) is 4.79 Å². The quantitative estimate of drug-likeness (QED) is 0.543. The molecule has 0 spiro atoms. The van der Waals surface area contributed by atoms with Gasteiger partial charge in [0.25, 0.3) is 0 Å². The highest BCUT2D eigenvalue weighted by molar-refractivity contribution is 5.86. The molecule has 0 saturated carbocycles. The molecule has 26 heavy (non-hydrogen) atoms. The summed E-state index contributed by atoms with van der Waals surface area (Å²) >= 11 is 0. The Bertz CT molecular complexity index is 622. The minimum Gasteiger partial charge on any atom is -0.478 e. The van der Waals surface area contributed by atoms with E-state index in [2.05, 4.69) is 19.6 Å². The molecule has 0 saturated heterocycles. The van der Waals surface area contributed by atoms with Crippen molar-refractivity contribution in [3.8, 4) is 0 Å². The number of carboxylic acid groups (broad SMARTS) is 1. The lowest BCUT2D eigenvalue weighted by molar-refractivity contribution is -0.145. The molecule has 0 bridgehead atoms. The van der Waals surface area contributed by atoms with E-state index in [1.807, 2.05) is 26.0 Å². The lowest BCUT2D eigenvalue weighted by atomic mass is 9.87. The third kappa shape index (κ3) is 7.85. The standard InChI is InChI=1S/C22H32O4/c1-15(2)20-13-12-16(3)8-6-10-19(22(24)25)11-7-9-17(4)14-21(20)26-18(5)23/h8,11,14,20-21H,1,6-7,9-10,12-13H2,2-5H3,(H,24,25)/b16-8+,17-14-,19-11-/t20-,21-/m0/s1. The lowest BCUT2D eigenvalue weighted by Crippen LogP contribution is -2.25. The molecule has 0 heterocycles. The molecule has 0 unspecified atom stereocenters. The second-order valence-electron chi connectivity index (χ2n) is 7.24. The summed E-state index contributed by atoms with van der Waals surface area (Å²) in [5, 5.41) is 9.34. The van der Waals surface area contributed by atoms with Gasteiger partial charge in [0, 0.05) is 18.4 Å². The van der Waals surface area contributed by atoms with Gasteiger partial charge in [0.1, 0.15) is 6.10 Å². The molecule has 1 aliphatic rings. The first-order chi connectivity index (χ1) is 12.2. The SMILES string of the molecule is C=C(C)[C@@H]1CC/C(C)=C/CC/C(C(=O)O)=C/CC/C(C)=C\[C@@H]1OC(C)=O. The summed E-state index contributed by atoms with van der Waals surface area (Å²) in [6, 6.07) is 0. The van der Waals surface area contributed by atoms with Gasteiger partial charge in [-0.1, -0.05) is 35.5 Å². The smallest absolute Gasteiger partial charge is 0.331 e. The van der Waals surface area contributed by atoms with Gasteiger partial charge in [0.05, 0.1) is 0 Å². The average Bonchev–Trinajstić information content (AvgIpc) is 2.51. The fourth-order valence-electron chi connectivity index (χ4n) is 3.21. The Balaban J connectivity index is 3.15. The van der Waals surface area contributed by atoms with Crippen LogP contribution >= 0.6 is 0 Å². The predicted octanol–water partition coefficient (Wildman–Crippen LogP) is 5.37. The second-order valence-corrected chi connectivity index (χ2v) is 7.24. The summed E-state index contributed by atoms with van der Waals surface area (Å²) in [7, 11) is 0. The van der Waals surface area contributed by atoms with Crippen LogP contribution in [0.5, 0.6) is 0 Å². The number of aliphatic carboxylic acids is 1. The fourth-order valence-corrected chi connectivity index (χ4v) is 3.21. The first kappa shape index (κ1) is 21.9. The van der Waals surface area contributed by atoms with E-state index in [0.29, 0.717) is 18.4 Å². The van der Waals surface area contributed by atoms with Gasteiger partial charge in [-0.15, -0.1) is 0 Å².